The molecule has 2 atom stereocenters. The first-order chi connectivity index (χ1) is 12.5. The number of hydrogen-bond acceptors (Lipinski definition) is 5. The van der Waals surface area contributed by atoms with Gasteiger partial charge in [0.1, 0.15) is 18.0 Å². The number of nitrogens with two attached hydrogens (primary N) is 1. The molecule has 1 aliphatic heterocycles. The van der Waals surface area contributed by atoms with Gasteiger partial charge in [-0.1, -0.05) is 42.5 Å². The number of nitrogens with one attached hydrogen (secondary N) is 2. The van der Waals surface area contributed by atoms with Crippen molar-refractivity contribution in [3.8, 4) is 0 Å². The van der Waals surface area contributed by atoms with Crippen LogP contribution in [0.4, 0.5) is 0 Å². The number of aliphatic hydroxyl groups excluding tert-OH is 1. The monoisotopic (exact) mass is 351 g/mol. The number of hydrogen-bond donors (Lipinski definition) is 4. The van der Waals surface area contributed by atoms with Crippen molar-refractivity contribution in [2.45, 2.75) is 32.4 Å². The van der Waals surface area contributed by atoms with Gasteiger partial charge in [-0.3, -0.25) is 5.43 Å². The Morgan fingerprint density at radius 3 is 2.73 bits per heavy atom. The zero-order valence-electron chi connectivity index (χ0n) is 15.2. The van der Waals surface area contributed by atoms with Gasteiger partial charge in [0, 0.05) is 24.2 Å². The molecule has 0 aliphatic carbocycles. The number of aliphatic hydroxyl groups is 1. The predicted molar refractivity (Wildman–Crippen MR) is 105 cm³/mol. The van der Waals surface area contributed by atoms with Crippen molar-refractivity contribution in [3.05, 3.63) is 70.8 Å². The molecule has 136 valence electrons. The molecule has 1 aromatic heterocycles. The van der Waals surface area contributed by atoms with Crippen LogP contribution in [-0.2, 0) is 0 Å². The smallest absolute Gasteiger partial charge is 0.131 e. The van der Waals surface area contributed by atoms with E-state index in [4.69, 9.17) is 5.73 Å². The SMILES string of the molecule is C=C(/C=C\c1nc(C2CC(O)C(c3ccc(C)cc3)=NN2)[nH]c1C)CN. The van der Waals surface area contributed by atoms with Crippen molar-refractivity contribution in [1.29, 1.82) is 0 Å². The van der Waals surface area contributed by atoms with Crippen LogP contribution in [0.3, 0.4) is 0 Å². The molecule has 26 heavy (non-hydrogen) atoms. The minimum absolute atomic E-state index is 0.169. The fraction of sp³-hybridized carbons (Fsp3) is 0.300. The molecule has 0 spiro atoms. The van der Waals surface area contributed by atoms with Crippen molar-refractivity contribution in [3.63, 3.8) is 0 Å². The summed E-state index contributed by atoms with van der Waals surface area (Å²) < 4.78 is 0. The molecule has 0 amide bonds. The third kappa shape index (κ3) is 3.92. The highest BCUT2D eigenvalue weighted by Gasteiger charge is 2.28. The Balaban J connectivity index is 1.77. The fourth-order valence-electron chi connectivity index (χ4n) is 2.85. The molecule has 3 rings (SSSR count). The molecule has 1 aliphatic rings. The van der Waals surface area contributed by atoms with Crippen LogP contribution < -0.4 is 11.2 Å². The largest absolute Gasteiger partial charge is 0.387 e. The molecular formula is C20H25N5O. The van der Waals surface area contributed by atoms with Crippen LogP contribution in [0.1, 0.15) is 40.8 Å². The maximum atomic E-state index is 10.6. The number of aromatic nitrogens is 2. The molecule has 0 radical (unpaired) electrons. The van der Waals surface area contributed by atoms with E-state index >= 15 is 0 Å². The van der Waals surface area contributed by atoms with Crippen LogP contribution in [-0.4, -0.2) is 33.4 Å². The average molecular weight is 351 g/mol. The van der Waals surface area contributed by atoms with Crippen LogP contribution in [0.2, 0.25) is 0 Å². The van der Waals surface area contributed by atoms with Crippen molar-refractivity contribution >= 4 is 11.8 Å². The van der Waals surface area contributed by atoms with E-state index in [1.54, 1.807) is 0 Å². The first kappa shape index (κ1) is 18.1. The number of nitrogens with zero attached hydrogens (tertiary/aromatic N) is 2. The first-order valence-corrected chi connectivity index (χ1v) is 8.68. The van der Waals surface area contributed by atoms with Gasteiger partial charge in [-0.05, 0) is 25.5 Å². The maximum absolute atomic E-state index is 10.6. The molecule has 2 aromatic rings. The van der Waals surface area contributed by atoms with Gasteiger partial charge in [0.2, 0.25) is 0 Å². The molecule has 0 bridgehead atoms. The summed E-state index contributed by atoms with van der Waals surface area (Å²) in [6, 6.07) is 7.81. The number of imidazole rings is 1. The Kier molecular flexibility index (Phi) is 5.35. The van der Waals surface area contributed by atoms with Gasteiger partial charge in [0.05, 0.1) is 11.4 Å². The molecule has 2 heterocycles. The number of H-pyrrole nitrogens is 1. The Bertz CT molecular complexity index is 848. The summed E-state index contributed by atoms with van der Waals surface area (Å²) in [6.07, 6.45) is 3.61. The molecule has 1 aromatic carbocycles. The summed E-state index contributed by atoms with van der Waals surface area (Å²) in [5.41, 5.74) is 14.0. The fourth-order valence-corrected chi connectivity index (χ4v) is 2.85. The molecular weight excluding hydrogens is 326 g/mol. The molecule has 6 heteroatoms. The van der Waals surface area contributed by atoms with Gasteiger partial charge >= 0.3 is 0 Å². The zero-order valence-corrected chi connectivity index (χ0v) is 15.2. The first-order valence-electron chi connectivity index (χ1n) is 8.68. The summed E-state index contributed by atoms with van der Waals surface area (Å²) in [7, 11) is 0. The van der Waals surface area contributed by atoms with E-state index in [0.29, 0.717) is 18.7 Å². The van der Waals surface area contributed by atoms with Crippen LogP contribution >= 0.6 is 0 Å². The second kappa shape index (κ2) is 7.68. The number of benzene rings is 1. The summed E-state index contributed by atoms with van der Waals surface area (Å²) >= 11 is 0. The second-order valence-electron chi connectivity index (χ2n) is 6.62. The molecule has 0 saturated carbocycles. The minimum atomic E-state index is -0.648. The van der Waals surface area contributed by atoms with Crippen molar-refractivity contribution < 1.29 is 5.11 Å². The van der Waals surface area contributed by atoms with Crippen molar-refractivity contribution in [2.75, 3.05) is 6.54 Å². The standard InChI is InChI=1S/C20H25N5O/c1-12-4-7-15(8-5-12)19-18(26)10-17(24-25-19)20-22-14(3)16(23-20)9-6-13(2)11-21/h4-9,17-18,24,26H,2,10-11,21H2,1,3H3,(H,22,23)/b9-6-. The van der Waals surface area contributed by atoms with Gasteiger partial charge in [0.15, 0.2) is 0 Å². The van der Waals surface area contributed by atoms with E-state index in [2.05, 4.69) is 27.1 Å². The third-order valence-electron chi connectivity index (χ3n) is 4.47. The molecule has 0 saturated heterocycles. The van der Waals surface area contributed by atoms with Crippen molar-refractivity contribution in [2.24, 2.45) is 10.8 Å². The van der Waals surface area contributed by atoms with Crippen LogP contribution in [0.15, 0.2) is 47.6 Å². The lowest BCUT2D eigenvalue weighted by atomic mass is 9.97. The summed E-state index contributed by atoms with van der Waals surface area (Å²) in [5.74, 6) is 0.756. The number of aryl methyl sites for hydroxylation is 2. The van der Waals surface area contributed by atoms with E-state index in [0.717, 1.165) is 28.3 Å². The zero-order chi connectivity index (χ0) is 18.7. The average Bonchev–Trinajstić information content (AvgIpc) is 3.01. The quantitative estimate of drug-likeness (QED) is 0.621. The maximum Gasteiger partial charge on any atom is 0.131 e. The number of aromatic amines is 1. The van der Waals surface area contributed by atoms with E-state index < -0.39 is 6.10 Å². The lowest BCUT2D eigenvalue weighted by molar-refractivity contribution is 0.199. The van der Waals surface area contributed by atoms with E-state index in [9.17, 15) is 5.11 Å². The Morgan fingerprint density at radius 2 is 2.08 bits per heavy atom. The second-order valence-corrected chi connectivity index (χ2v) is 6.62. The van der Waals surface area contributed by atoms with Crippen LogP contribution in [0.5, 0.6) is 0 Å². The Morgan fingerprint density at radius 1 is 1.35 bits per heavy atom. The van der Waals surface area contributed by atoms with Gasteiger partial charge in [-0.25, -0.2) is 4.98 Å². The Hall–Kier alpha value is -2.70. The molecule has 6 nitrogen and oxygen atoms in total. The molecule has 5 N–H and O–H groups in total. The normalized spacial score (nSPS) is 20.1. The van der Waals surface area contributed by atoms with Gasteiger partial charge < -0.3 is 15.8 Å². The van der Waals surface area contributed by atoms with E-state index in [1.165, 1.54) is 5.56 Å². The van der Waals surface area contributed by atoms with E-state index in [1.807, 2.05) is 50.3 Å². The molecule has 2 unspecified atom stereocenters. The third-order valence-corrected chi connectivity index (χ3v) is 4.47. The number of hydrazone groups is 1. The highest BCUT2D eigenvalue weighted by atomic mass is 16.3. The summed E-state index contributed by atoms with van der Waals surface area (Å²) in [4.78, 5) is 7.89. The topological polar surface area (TPSA) is 99.3 Å². The lowest BCUT2D eigenvalue weighted by Crippen LogP contribution is -2.36. The number of rotatable bonds is 5. The highest BCUT2D eigenvalue weighted by molar-refractivity contribution is 6.03. The Labute approximate surface area is 153 Å². The van der Waals surface area contributed by atoms with E-state index in [-0.39, 0.29) is 6.04 Å². The van der Waals surface area contributed by atoms with Gasteiger partial charge in [-0.2, -0.15) is 5.10 Å². The minimum Gasteiger partial charge on any atom is -0.387 e. The summed E-state index contributed by atoms with van der Waals surface area (Å²) in [6.45, 7) is 8.26. The highest BCUT2D eigenvalue weighted by Crippen LogP contribution is 2.24. The van der Waals surface area contributed by atoms with Crippen molar-refractivity contribution in [1.82, 2.24) is 15.4 Å². The molecule has 0 fully saturated rings. The van der Waals surface area contributed by atoms with Gasteiger partial charge in [0.25, 0.3) is 0 Å². The predicted octanol–water partition coefficient (Wildman–Crippen LogP) is 2.35. The van der Waals surface area contributed by atoms with Crippen LogP contribution in [0.25, 0.3) is 6.08 Å². The van der Waals surface area contributed by atoms with Gasteiger partial charge in [-0.15, -0.1) is 0 Å². The summed E-state index contributed by atoms with van der Waals surface area (Å²) in [5, 5.41) is 15.0. The van der Waals surface area contributed by atoms with Crippen LogP contribution in [0, 0.1) is 13.8 Å². The lowest BCUT2D eigenvalue weighted by Gasteiger charge is -2.25.